The van der Waals surface area contributed by atoms with Crippen molar-refractivity contribution in [3.63, 3.8) is 0 Å². The van der Waals surface area contributed by atoms with Crippen LogP contribution in [0, 0.1) is 5.41 Å². The number of nitrogens with zero attached hydrogens (tertiary/aromatic N) is 2. The third-order valence-electron chi connectivity index (χ3n) is 7.08. The normalized spacial score (nSPS) is 17.9. The zero-order chi connectivity index (χ0) is 27.3. The molecule has 0 saturated carbocycles. The Morgan fingerprint density at radius 1 is 1.16 bits per heavy atom. The molecule has 1 aromatic carbocycles. The molecular weight excluding hydrogens is 468 g/mol. The van der Waals surface area contributed by atoms with Crippen LogP contribution < -0.4 is 20.6 Å². The average Bonchev–Trinajstić information content (AvgIpc) is 2.84. The maximum atomic E-state index is 12.9. The highest BCUT2D eigenvalue weighted by Gasteiger charge is 2.35. The van der Waals surface area contributed by atoms with Crippen LogP contribution in [0.3, 0.4) is 0 Å². The van der Waals surface area contributed by atoms with Gasteiger partial charge < -0.3 is 24.0 Å². The van der Waals surface area contributed by atoms with Crippen LogP contribution in [-0.2, 0) is 4.74 Å². The number of aromatic carboxylic acids is 1. The van der Waals surface area contributed by atoms with Crippen LogP contribution in [0.4, 0.5) is 0 Å². The van der Waals surface area contributed by atoms with Crippen molar-refractivity contribution in [2.45, 2.75) is 66.8 Å². The molecule has 202 valence electrons. The Balaban J connectivity index is 2.28. The van der Waals surface area contributed by atoms with E-state index in [1.165, 1.54) is 17.8 Å². The van der Waals surface area contributed by atoms with Crippen LogP contribution in [0.15, 0.2) is 35.3 Å². The molecule has 0 spiro atoms. The molecule has 1 aliphatic rings. The summed E-state index contributed by atoms with van der Waals surface area (Å²) in [6, 6.07) is 7.47. The number of carbonyl (C=O) groups is 1. The number of likely N-dealkylation sites (N-methyl/N-ethyl adjacent to an activating group) is 1. The third-order valence-corrected chi connectivity index (χ3v) is 7.08. The van der Waals surface area contributed by atoms with Gasteiger partial charge in [-0.2, -0.15) is 0 Å². The van der Waals surface area contributed by atoms with E-state index < -0.39 is 11.4 Å². The minimum Gasteiger partial charge on any atom is -0.491 e. The van der Waals surface area contributed by atoms with Gasteiger partial charge in [-0.3, -0.25) is 4.79 Å². The summed E-state index contributed by atoms with van der Waals surface area (Å²) in [6.45, 7) is 15.1. The molecule has 0 saturated heterocycles. The fourth-order valence-electron chi connectivity index (χ4n) is 4.85. The lowest BCUT2D eigenvalue weighted by molar-refractivity contribution is 0.0693. The molecule has 7 nitrogen and oxygen atoms in total. The van der Waals surface area contributed by atoms with Crippen LogP contribution in [0.25, 0.3) is 11.3 Å². The Kier molecular flexibility index (Phi) is 9.24. The molecule has 7 heteroatoms. The molecule has 1 aliphatic heterocycles. The van der Waals surface area contributed by atoms with Crippen molar-refractivity contribution in [1.82, 2.24) is 9.47 Å². The summed E-state index contributed by atoms with van der Waals surface area (Å²) in [6.07, 6.45) is 4.49. The Morgan fingerprint density at radius 2 is 1.89 bits per heavy atom. The van der Waals surface area contributed by atoms with E-state index >= 15 is 0 Å². The van der Waals surface area contributed by atoms with Gasteiger partial charge in [-0.1, -0.05) is 58.7 Å². The summed E-state index contributed by atoms with van der Waals surface area (Å²) < 4.78 is 13.9. The van der Waals surface area contributed by atoms with Crippen molar-refractivity contribution in [3.8, 4) is 5.75 Å². The number of unbranched alkanes of at least 4 members (excludes halogenated alkanes) is 1. The number of hydrogen-bond acceptors (Lipinski definition) is 5. The average molecular weight is 511 g/mol. The Bertz CT molecular complexity index is 1300. The van der Waals surface area contributed by atoms with E-state index in [2.05, 4.69) is 52.5 Å². The first-order valence-electron chi connectivity index (χ1n) is 13.3. The van der Waals surface area contributed by atoms with Gasteiger partial charge in [0, 0.05) is 42.9 Å². The van der Waals surface area contributed by atoms with Gasteiger partial charge in [0.2, 0.25) is 0 Å². The predicted octanol–water partition coefficient (Wildman–Crippen LogP) is 4.01. The summed E-state index contributed by atoms with van der Waals surface area (Å²) >= 11 is 0. The minimum atomic E-state index is -1.21. The maximum Gasteiger partial charge on any atom is 0.341 e. The van der Waals surface area contributed by atoms with Crippen LogP contribution in [0.5, 0.6) is 5.75 Å². The highest BCUT2D eigenvalue weighted by Crippen LogP contribution is 2.37. The largest absolute Gasteiger partial charge is 0.491 e. The molecule has 1 aromatic heterocycles. The van der Waals surface area contributed by atoms with E-state index in [1.807, 2.05) is 23.7 Å². The van der Waals surface area contributed by atoms with E-state index in [-0.39, 0.29) is 17.0 Å². The summed E-state index contributed by atoms with van der Waals surface area (Å²) in [5.74, 6) is -0.424. The first kappa shape index (κ1) is 28.5. The number of rotatable bonds is 9. The smallest absolute Gasteiger partial charge is 0.341 e. The highest BCUT2D eigenvalue weighted by molar-refractivity contribution is 5.87. The first-order chi connectivity index (χ1) is 17.5. The van der Waals surface area contributed by atoms with Gasteiger partial charge in [0.1, 0.15) is 17.9 Å². The maximum absolute atomic E-state index is 12.9. The second kappa shape index (κ2) is 12.0. The van der Waals surface area contributed by atoms with E-state index in [0.29, 0.717) is 25.5 Å². The molecule has 0 amide bonds. The molecule has 2 aromatic rings. The second-order valence-electron chi connectivity index (χ2n) is 10.9. The van der Waals surface area contributed by atoms with Crippen LogP contribution in [-0.4, -0.2) is 54.0 Å². The molecule has 1 N–H and O–H groups in total. The summed E-state index contributed by atoms with van der Waals surface area (Å²) in [7, 11) is 2.04. The SMILES string of the molecule is CCCCOCCOc1cccc(=C2\c3cc(=O)c(C(=O)O)cn3C(C(C)(C)C)CN2C)/c1=C(/C)CC. The number of carboxylic acid groups (broad SMARTS) is 1. The predicted molar refractivity (Wildman–Crippen MR) is 148 cm³/mol. The lowest BCUT2D eigenvalue weighted by Crippen LogP contribution is -2.46. The summed E-state index contributed by atoms with van der Waals surface area (Å²) in [5, 5.41) is 11.6. The van der Waals surface area contributed by atoms with Gasteiger partial charge in [0.15, 0.2) is 5.43 Å². The van der Waals surface area contributed by atoms with E-state index in [4.69, 9.17) is 9.47 Å². The fraction of sp³-hybridized carbons (Fsp3) is 0.533. The number of benzene rings is 1. The topological polar surface area (TPSA) is 81.0 Å². The van der Waals surface area contributed by atoms with Gasteiger partial charge in [0.25, 0.3) is 0 Å². The van der Waals surface area contributed by atoms with Gasteiger partial charge in [0.05, 0.1) is 24.0 Å². The number of fused-ring (bicyclic) bond motifs is 1. The minimum absolute atomic E-state index is 0.0191. The van der Waals surface area contributed by atoms with Crippen LogP contribution in [0.1, 0.15) is 82.9 Å². The number of aromatic nitrogens is 1. The lowest BCUT2D eigenvalue weighted by atomic mass is 9.84. The zero-order valence-corrected chi connectivity index (χ0v) is 23.4. The third kappa shape index (κ3) is 6.27. The van der Waals surface area contributed by atoms with Crippen LogP contribution >= 0.6 is 0 Å². The van der Waals surface area contributed by atoms with Crippen molar-refractivity contribution >= 4 is 17.2 Å². The molecular formula is C30H42N2O5. The summed E-state index contributed by atoms with van der Waals surface area (Å²) in [4.78, 5) is 26.9. The molecule has 1 atom stereocenters. The lowest BCUT2D eigenvalue weighted by Gasteiger charge is -2.43. The van der Waals surface area contributed by atoms with E-state index in [9.17, 15) is 14.7 Å². The Hall–Kier alpha value is -3.06. The monoisotopic (exact) mass is 510 g/mol. The standard InChI is InChI=1S/C30H42N2O5/c1-8-10-14-36-15-16-37-25-13-11-12-21(27(25)20(3)9-2)28-23-17-24(33)22(29(34)35)18-32(23)26(19-31(28)7)30(4,5)6/h11-13,17-18,26H,8-10,14-16,19H2,1-7H3,(H,34,35)/b27-20+,28-21-. The Morgan fingerprint density at radius 3 is 2.51 bits per heavy atom. The summed E-state index contributed by atoms with van der Waals surface area (Å²) in [5.41, 5.74) is 1.92. The molecule has 0 fully saturated rings. The van der Waals surface area contributed by atoms with Crippen molar-refractivity contribution < 1.29 is 19.4 Å². The van der Waals surface area contributed by atoms with E-state index in [0.717, 1.165) is 47.8 Å². The first-order valence-corrected chi connectivity index (χ1v) is 13.3. The van der Waals surface area contributed by atoms with Crippen molar-refractivity contribution in [1.29, 1.82) is 0 Å². The number of carboxylic acids is 1. The number of pyridine rings is 1. The zero-order valence-electron chi connectivity index (χ0n) is 23.4. The van der Waals surface area contributed by atoms with Crippen molar-refractivity contribution in [3.05, 3.63) is 62.4 Å². The molecule has 0 bridgehead atoms. The highest BCUT2D eigenvalue weighted by atomic mass is 16.5. The molecule has 37 heavy (non-hydrogen) atoms. The second-order valence-corrected chi connectivity index (χ2v) is 10.9. The van der Waals surface area contributed by atoms with Crippen LogP contribution in [0.2, 0.25) is 0 Å². The molecule has 0 radical (unpaired) electrons. The van der Waals surface area contributed by atoms with Gasteiger partial charge >= 0.3 is 5.97 Å². The number of hydrogen-bond donors (Lipinski definition) is 1. The van der Waals surface area contributed by atoms with Gasteiger partial charge in [-0.15, -0.1) is 0 Å². The van der Waals surface area contributed by atoms with Gasteiger partial charge in [-0.05, 0) is 31.2 Å². The number of ether oxygens (including phenoxy) is 2. The quantitative estimate of drug-likeness (QED) is 0.514. The molecule has 2 heterocycles. The molecule has 3 rings (SSSR count). The van der Waals surface area contributed by atoms with E-state index in [1.54, 1.807) is 0 Å². The molecule has 0 aliphatic carbocycles. The fourth-order valence-corrected chi connectivity index (χ4v) is 4.85. The van der Waals surface area contributed by atoms with Gasteiger partial charge in [-0.25, -0.2) is 4.79 Å². The molecule has 1 unspecified atom stereocenters. The van der Waals surface area contributed by atoms with Crippen molar-refractivity contribution in [2.24, 2.45) is 5.41 Å². The van der Waals surface area contributed by atoms with Crippen molar-refractivity contribution in [2.75, 3.05) is 33.4 Å². The Labute approximate surface area is 220 Å².